The summed E-state index contributed by atoms with van der Waals surface area (Å²) < 4.78 is 5.33. The fourth-order valence-electron chi connectivity index (χ4n) is 1.79. The molecule has 2 aromatic carbocycles. The van der Waals surface area contributed by atoms with Gasteiger partial charge in [-0.1, -0.05) is 46.4 Å². The van der Waals surface area contributed by atoms with E-state index in [2.05, 4.69) is 0 Å². The van der Waals surface area contributed by atoms with E-state index < -0.39 is 0 Å². The quantitative estimate of drug-likeness (QED) is 0.629. The van der Waals surface area contributed by atoms with E-state index in [1.54, 1.807) is 12.1 Å². The van der Waals surface area contributed by atoms with Crippen LogP contribution >= 0.6 is 46.4 Å². The van der Waals surface area contributed by atoms with Crippen molar-refractivity contribution in [1.82, 2.24) is 0 Å². The lowest BCUT2D eigenvalue weighted by Gasteiger charge is -2.10. The zero-order valence-corrected chi connectivity index (χ0v) is 13.9. The fraction of sp³-hybridized carbons (Fsp3) is 0.133. The first kappa shape index (κ1) is 16.4. The minimum atomic E-state index is -0.327. The minimum absolute atomic E-state index is 0.249. The molecule has 0 heterocycles. The number of rotatable bonds is 4. The van der Waals surface area contributed by atoms with Gasteiger partial charge in [0, 0.05) is 22.2 Å². The summed E-state index contributed by atoms with van der Waals surface area (Å²) in [5.74, 6) is 0.106. The van der Waals surface area contributed by atoms with Gasteiger partial charge in [-0.25, -0.2) is 0 Å². The van der Waals surface area contributed by atoms with E-state index in [0.717, 1.165) is 0 Å². The van der Waals surface area contributed by atoms with Crippen molar-refractivity contribution in [2.24, 2.45) is 0 Å². The molecule has 110 valence electrons. The maximum absolute atomic E-state index is 12.5. The van der Waals surface area contributed by atoms with Gasteiger partial charge in [0.1, 0.15) is 5.75 Å². The Morgan fingerprint density at radius 2 is 1.62 bits per heavy atom. The van der Waals surface area contributed by atoms with Crippen LogP contribution in [0.5, 0.6) is 5.75 Å². The minimum Gasteiger partial charge on any atom is -0.492 e. The van der Waals surface area contributed by atoms with Crippen molar-refractivity contribution in [3.05, 3.63) is 61.5 Å². The van der Waals surface area contributed by atoms with E-state index in [1.807, 2.05) is 6.92 Å². The van der Waals surface area contributed by atoms with Gasteiger partial charge in [-0.3, -0.25) is 4.79 Å². The summed E-state index contributed by atoms with van der Waals surface area (Å²) in [6.45, 7) is 2.28. The van der Waals surface area contributed by atoms with Crippen LogP contribution in [0.4, 0.5) is 0 Å². The third-order valence-electron chi connectivity index (χ3n) is 2.74. The number of ether oxygens (including phenoxy) is 1. The van der Waals surface area contributed by atoms with Gasteiger partial charge in [0.25, 0.3) is 0 Å². The maximum atomic E-state index is 12.5. The molecule has 0 amide bonds. The molecule has 0 radical (unpaired) electrons. The molecule has 2 aromatic rings. The molecule has 0 N–H and O–H groups in total. The lowest BCUT2D eigenvalue weighted by molar-refractivity contribution is 0.103. The topological polar surface area (TPSA) is 26.3 Å². The van der Waals surface area contributed by atoms with Gasteiger partial charge < -0.3 is 4.74 Å². The van der Waals surface area contributed by atoms with E-state index in [9.17, 15) is 4.79 Å². The van der Waals surface area contributed by atoms with Crippen molar-refractivity contribution in [3.8, 4) is 5.75 Å². The average molecular weight is 364 g/mol. The van der Waals surface area contributed by atoms with Crippen LogP contribution in [0.1, 0.15) is 22.8 Å². The van der Waals surface area contributed by atoms with Crippen LogP contribution in [-0.4, -0.2) is 12.4 Å². The fourth-order valence-corrected chi connectivity index (χ4v) is 2.74. The predicted molar refractivity (Wildman–Crippen MR) is 87.5 cm³/mol. The second kappa shape index (κ2) is 6.89. The second-order valence-corrected chi connectivity index (χ2v) is 5.81. The summed E-state index contributed by atoms with van der Waals surface area (Å²) in [7, 11) is 0. The van der Waals surface area contributed by atoms with Crippen molar-refractivity contribution in [2.75, 3.05) is 6.61 Å². The van der Waals surface area contributed by atoms with E-state index in [-0.39, 0.29) is 21.4 Å². The highest BCUT2D eigenvalue weighted by atomic mass is 35.5. The van der Waals surface area contributed by atoms with Crippen molar-refractivity contribution >= 4 is 52.2 Å². The maximum Gasteiger partial charge on any atom is 0.196 e. The summed E-state index contributed by atoms with van der Waals surface area (Å²) >= 11 is 24.1. The highest BCUT2D eigenvalue weighted by molar-refractivity contribution is 6.40. The van der Waals surface area contributed by atoms with Gasteiger partial charge in [-0.15, -0.1) is 0 Å². The van der Waals surface area contributed by atoms with Crippen LogP contribution in [0.2, 0.25) is 20.1 Å². The van der Waals surface area contributed by atoms with Crippen LogP contribution in [-0.2, 0) is 0 Å². The van der Waals surface area contributed by atoms with Crippen molar-refractivity contribution in [1.29, 1.82) is 0 Å². The molecule has 0 atom stereocenters. The van der Waals surface area contributed by atoms with Gasteiger partial charge in [-0.2, -0.15) is 0 Å². The summed E-state index contributed by atoms with van der Waals surface area (Å²) in [5, 5.41) is 1.27. The molecule has 0 aliphatic heterocycles. The smallest absolute Gasteiger partial charge is 0.196 e. The van der Waals surface area contributed by atoms with Gasteiger partial charge >= 0.3 is 0 Å². The Hall–Kier alpha value is -0.930. The first-order chi connectivity index (χ1) is 9.93. The highest BCUT2D eigenvalue weighted by Crippen LogP contribution is 2.33. The monoisotopic (exact) mass is 362 g/mol. The molecular formula is C15H10Cl4O2. The Bertz CT molecular complexity index is 698. The second-order valence-electron chi connectivity index (χ2n) is 4.15. The molecule has 0 saturated heterocycles. The molecule has 21 heavy (non-hydrogen) atoms. The van der Waals surface area contributed by atoms with Crippen LogP contribution in [0.25, 0.3) is 0 Å². The van der Waals surface area contributed by atoms with E-state index >= 15 is 0 Å². The van der Waals surface area contributed by atoms with E-state index in [0.29, 0.717) is 28.0 Å². The van der Waals surface area contributed by atoms with Crippen molar-refractivity contribution in [3.63, 3.8) is 0 Å². The summed E-state index contributed by atoms with van der Waals surface area (Å²) in [4.78, 5) is 12.5. The van der Waals surface area contributed by atoms with Crippen LogP contribution in [0.3, 0.4) is 0 Å². The van der Waals surface area contributed by atoms with Gasteiger partial charge in [0.05, 0.1) is 21.7 Å². The Morgan fingerprint density at radius 1 is 0.952 bits per heavy atom. The first-order valence-electron chi connectivity index (χ1n) is 6.05. The molecule has 0 unspecified atom stereocenters. The Balaban J connectivity index is 2.46. The Morgan fingerprint density at radius 3 is 2.24 bits per heavy atom. The standard InChI is InChI=1S/C15H10Cl4O2/c1-2-21-14-7-12(18)10(6-13(14)19)15(20)9-4-3-8(16)5-11(9)17/h3-7H,2H2,1H3. The first-order valence-corrected chi connectivity index (χ1v) is 7.56. The molecule has 0 bridgehead atoms. The molecule has 0 aromatic heterocycles. The number of hydrogen-bond acceptors (Lipinski definition) is 2. The Labute approximate surface area is 142 Å². The number of ketones is 1. The van der Waals surface area contributed by atoms with Crippen molar-refractivity contribution < 1.29 is 9.53 Å². The van der Waals surface area contributed by atoms with E-state index in [1.165, 1.54) is 18.2 Å². The molecule has 2 rings (SSSR count). The van der Waals surface area contributed by atoms with Gasteiger partial charge in [0.15, 0.2) is 5.78 Å². The lowest BCUT2D eigenvalue weighted by atomic mass is 10.0. The summed E-state index contributed by atoms with van der Waals surface area (Å²) in [5.41, 5.74) is 0.567. The molecule has 0 saturated carbocycles. The molecule has 0 fully saturated rings. The zero-order chi connectivity index (χ0) is 15.6. The Kier molecular flexibility index (Phi) is 5.39. The molecule has 6 heteroatoms. The number of carbonyl (C=O) groups excluding carboxylic acids is 1. The normalized spacial score (nSPS) is 10.5. The van der Waals surface area contributed by atoms with Crippen LogP contribution in [0.15, 0.2) is 30.3 Å². The molecule has 2 nitrogen and oxygen atoms in total. The SMILES string of the molecule is CCOc1cc(Cl)c(C(=O)c2ccc(Cl)cc2Cl)cc1Cl. The van der Waals surface area contributed by atoms with Crippen molar-refractivity contribution in [2.45, 2.75) is 6.92 Å². The van der Waals surface area contributed by atoms with Crippen LogP contribution < -0.4 is 4.74 Å². The highest BCUT2D eigenvalue weighted by Gasteiger charge is 2.18. The lowest BCUT2D eigenvalue weighted by Crippen LogP contribution is -2.04. The van der Waals surface area contributed by atoms with Gasteiger partial charge in [-0.05, 0) is 31.2 Å². The molecule has 0 spiro atoms. The largest absolute Gasteiger partial charge is 0.492 e. The number of hydrogen-bond donors (Lipinski definition) is 0. The van der Waals surface area contributed by atoms with Gasteiger partial charge in [0.2, 0.25) is 0 Å². The molecular weight excluding hydrogens is 354 g/mol. The van der Waals surface area contributed by atoms with E-state index in [4.69, 9.17) is 51.1 Å². The zero-order valence-electron chi connectivity index (χ0n) is 10.9. The predicted octanol–water partition coefficient (Wildman–Crippen LogP) is 5.93. The average Bonchev–Trinajstić information content (AvgIpc) is 2.42. The number of halogens is 4. The summed E-state index contributed by atoms with van der Waals surface area (Å²) in [6, 6.07) is 7.63. The third-order valence-corrected chi connectivity index (χ3v) is 3.90. The summed E-state index contributed by atoms with van der Waals surface area (Å²) in [6.07, 6.45) is 0. The number of benzene rings is 2. The van der Waals surface area contributed by atoms with Crippen LogP contribution in [0, 0.1) is 0 Å². The molecule has 0 aliphatic rings. The number of carbonyl (C=O) groups is 1. The molecule has 0 aliphatic carbocycles. The third kappa shape index (κ3) is 3.64.